The molecule has 0 aliphatic rings. The highest BCUT2D eigenvalue weighted by molar-refractivity contribution is 9.10. The first-order chi connectivity index (χ1) is 10.6. The molecule has 1 heterocycles. The first-order valence-corrected chi connectivity index (χ1v) is 7.82. The first kappa shape index (κ1) is 16.4. The lowest BCUT2D eigenvalue weighted by atomic mass is 10.1. The maximum absolute atomic E-state index is 11.8. The number of carbonyl (C=O) groups is 1. The van der Waals surface area contributed by atoms with Crippen LogP contribution >= 0.6 is 15.9 Å². The van der Waals surface area contributed by atoms with Gasteiger partial charge in [0.05, 0.1) is 11.1 Å². The second kappa shape index (κ2) is 7.89. The highest BCUT2D eigenvalue weighted by Crippen LogP contribution is 2.22. The fourth-order valence-electron chi connectivity index (χ4n) is 2.00. The molecule has 0 unspecified atom stereocenters. The molecule has 0 bridgehead atoms. The van der Waals surface area contributed by atoms with Gasteiger partial charge in [0.1, 0.15) is 5.75 Å². The van der Waals surface area contributed by atoms with Gasteiger partial charge in [0, 0.05) is 18.8 Å². The van der Waals surface area contributed by atoms with Crippen LogP contribution < -0.4 is 10.1 Å². The van der Waals surface area contributed by atoms with Crippen molar-refractivity contribution < 1.29 is 9.53 Å². The van der Waals surface area contributed by atoms with E-state index in [4.69, 9.17) is 4.74 Å². The van der Waals surface area contributed by atoms with E-state index < -0.39 is 0 Å². The lowest BCUT2D eigenvalue weighted by Crippen LogP contribution is -2.14. The molecular weight excluding hydrogens is 346 g/mol. The number of halogens is 1. The molecule has 0 radical (unpaired) electrons. The number of nitrogens with one attached hydrogen (secondary N) is 1. The van der Waals surface area contributed by atoms with E-state index in [-0.39, 0.29) is 5.91 Å². The molecule has 5 nitrogen and oxygen atoms in total. The SMILES string of the molecule is Cc1cccc(C)c1OCCCC(=O)Nc1ncc(Br)cn1. The standard InChI is InChI=1S/C16H18BrN3O2/c1-11-5-3-6-12(2)15(11)22-8-4-7-14(21)20-16-18-9-13(17)10-19-16/h3,5-6,9-10H,4,7-8H2,1-2H3,(H,18,19,20,21). The summed E-state index contributed by atoms with van der Waals surface area (Å²) in [6.45, 7) is 4.53. The second-order valence-electron chi connectivity index (χ2n) is 4.95. The Bertz CT molecular complexity index is 624. The number of aromatic nitrogens is 2. The number of benzene rings is 1. The number of ether oxygens (including phenoxy) is 1. The van der Waals surface area contributed by atoms with E-state index in [1.165, 1.54) is 0 Å². The normalized spacial score (nSPS) is 10.3. The number of para-hydroxylation sites is 1. The van der Waals surface area contributed by atoms with Gasteiger partial charge in [-0.3, -0.25) is 10.1 Å². The van der Waals surface area contributed by atoms with Crippen molar-refractivity contribution in [1.29, 1.82) is 0 Å². The maximum atomic E-state index is 11.8. The van der Waals surface area contributed by atoms with E-state index in [2.05, 4.69) is 31.2 Å². The van der Waals surface area contributed by atoms with Crippen LogP contribution in [0.1, 0.15) is 24.0 Å². The zero-order valence-electron chi connectivity index (χ0n) is 12.6. The number of hydrogen-bond acceptors (Lipinski definition) is 4. The van der Waals surface area contributed by atoms with Gasteiger partial charge in [-0.05, 0) is 47.3 Å². The fraction of sp³-hybridized carbons (Fsp3) is 0.312. The number of anilines is 1. The number of aryl methyl sites for hydroxylation is 2. The van der Waals surface area contributed by atoms with Crippen molar-refractivity contribution in [3.05, 3.63) is 46.2 Å². The van der Waals surface area contributed by atoms with Crippen molar-refractivity contribution >= 4 is 27.8 Å². The molecule has 0 aliphatic carbocycles. The molecule has 22 heavy (non-hydrogen) atoms. The lowest BCUT2D eigenvalue weighted by molar-refractivity contribution is -0.116. The summed E-state index contributed by atoms with van der Waals surface area (Å²) in [5.74, 6) is 1.09. The summed E-state index contributed by atoms with van der Waals surface area (Å²) >= 11 is 3.24. The second-order valence-corrected chi connectivity index (χ2v) is 5.86. The van der Waals surface area contributed by atoms with Gasteiger partial charge in [-0.2, -0.15) is 0 Å². The van der Waals surface area contributed by atoms with E-state index in [1.807, 2.05) is 32.0 Å². The van der Waals surface area contributed by atoms with Gasteiger partial charge in [-0.1, -0.05) is 18.2 Å². The summed E-state index contributed by atoms with van der Waals surface area (Å²) in [6.07, 6.45) is 4.18. The van der Waals surface area contributed by atoms with Crippen LogP contribution in [0.5, 0.6) is 5.75 Å². The average molecular weight is 364 g/mol. The third-order valence-electron chi connectivity index (χ3n) is 3.07. The molecule has 0 atom stereocenters. The van der Waals surface area contributed by atoms with Gasteiger partial charge >= 0.3 is 0 Å². The van der Waals surface area contributed by atoms with Gasteiger partial charge < -0.3 is 4.74 Å². The zero-order chi connectivity index (χ0) is 15.9. The molecule has 6 heteroatoms. The molecule has 0 aliphatic heterocycles. The van der Waals surface area contributed by atoms with Gasteiger partial charge in [-0.25, -0.2) is 9.97 Å². The van der Waals surface area contributed by atoms with E-state index >= 15 is 0 Å². The minimum absolute atomic E-state index is 0.118. The molecule has 2 aromatic rings. The largest absolute Gasteiger partial charge is 0.493 e. The van der Waals surface area contributed by atoms with Gasteiger partial charge in [0.2, 0.25) is 11.9 Å². The summed E-state index contributed by atoms with van der Waals surface area (Å²) in [4.78, 5) is 19.8. The highest BCUT2D eigenvalue weighted by atomic mass is 79.9. The van der Waals surface area contributed by atoms with E-state index in [0.717, 1.165) is 21.3 Å². The van der Waals surface area contributed by atoms with Crippen LogP contribution in [0.3, 0.4) is 0 Å². The third kappa shape index (κ3) is 4.80. The Morgan fingerprint density at radius 3 is 2.50 bits per heavy atom. The summed E-state index contributed by atoms with van der Waals surface area (Å²) in [6, 6.07) is 6.03. The number of hydrogen-bond donors (Lipinski definition) is 1. The number of amides is 1. The summed E-state index contributed by atoms with van der Waals surface area (Å²) < 4.78 is 6.54. The van der Waals surface area contributed by atoms with Crippen molar-refractivity contribution in [2.24, 2.45) is 0 Å². The van der Waals surface area contributed by atoms with Crippen LogP contribution in [0, 0.1) is 13.8 Å². The predicted molar refractivity (Wildman–Crippen MR) is 89.0 cm³/mol. The number of carbonyl (C=O) groups excluding carboxylic acids is 1. The molecule has 0 fully saturated rings. The molecule has 0 spiro atoms. The van der Waals surface area contributed by atoms with E-state index in [1.54, 1.807) is 12.4 Å². The van der Waals surface area contributed by atoms with Gasteiger partial charge in [0.25, 0.3) is 0 Å². The van der Waals surface area contributed by atoms with Crippen LogP contribution in [-0.2, 0) is 4.79 Å². The zero-order valence-corrected chi connectivity index (χ0v) is 14.2. The van der Waals surface area contributed by atoms with Crippen LogP contribution in [0.4, 0.5) is 5.95 Å². The van der Waals surface area contributed by atoms with Crippen molar-refractivity contribution in [2.45, 2.75) is 26.7 Å². The monoisotopic (exact) mass is 363 g/mol. The molecule has 0 saturated carbocycles. The minimum Gasteiger partial charge on any atom is -0.493 e. The van der Waals surface area contributed by atoms with Crippen molar-refractivity contribution in [2.75, 3.05) is 11.9 Å². The van der Waals surface area contributed by atoms with Crippen molar-refractivity contribution in [3.63, 3.8) is 0 Å². The van der Waals surface area contributed by atoms with Crippen molar-refractivity contribution in [1.82, 2.24) is 9.97 Å². The molecule has 1 aromatic carbocycles. The Morgan fingerprint density at radius 2 is 1.86 bits per heavy atom. The summed E-state index contributed by atoms with van der Waals surface area (Å²) in [7, 11) is 0. The Balaban J connectivity index is 1.74. The molecule has 116 valence electrons. The predicted octanol–water partition coefficient (Wildman–Crippen LogP) is 3.65. The van der Waals surface area contributed by atoms with E-state index in [0.29, 0.717) is 25.4 Å². The highest BCUT2D eigenvalue weighted by Gasteiger charge is 2.06. The summed E-state index contributed by atoms with van der Waals surface area (Å²) in [5.41, 5.74) is 2.21. The van der Waals surface area contributed by atoms with Gasteiger partial charge in [0.15, 0.2) is 0 Å². The Kier molecular flexibility index (Phi) is 5.89. The number of nitrogens with zero attached hydrogens (tertiary/aromatic N) is 2. The third-order valence-corrected chi connectivity index (χ3v) is 3.48. The van der Waals surface area contributed by atoms with Gasteiger partial charge in [-0.15, -0.1) is 0 Å². The maximum Gasteiger partial charge on any atom is 0.229 e. The Labute approximate surface area is 138 Å². The molecule has 0 saturated heterocycles. The van der Waals surface area contributed by atoms with Crippen LogP contribution in [0.15, 0.2) is 35.1 Å². The molecular formula is C16H18BrN3O2. The lowest BCUT2D eigenvalue weighted by Gasteiger charge is -2.11. The van der Waals surface area contributed by atoms with Crippen LogP contribution in [-0.4, -0.2) is 22.5 Å². The Morgan fingerprint density at radius 1 is 1.23 bits per heavy atom. The molecule has 1 amide bonds. The summed E-state index contributed by atoms with van der Waals surface area (Å²) in [5, 5.41) is 2.65. The molecule has 2 rings (SSSR count). The first-order valence-electron chi connectivity index (χ1n) is 7.02. The van der Waals surface area contributed by atoms with E-state index in [9.17, 15) is 4.79 Å². The smallest absolute Gasteiger partial charge is 0.229 e. The topological polar surface area (TPSA) is 64.1 Å². The quantitative estimate of drug-likeness (QED) is 0.795. The molecule has 1 N–H and O–H groups in total. The fourth-order valence-corrected chi connectivity index (χ4v) is 2.20. The van der Waals surface area contributed by atoms with Crippen molar-refractivity contribution in [3.8, 4) is 5.75 Å². The number of rotatable bonds is 6. The van der Waals surface area contributed by atoms with Crippen LogP contribution in [0.25, 0.3) is 0 Å². The van der Waals surface area contributed by atoms with Crippen LogP contribution in [0.2, 0.25) is 0 Å². The minimum atomic E-state index is -0.118. The average Bonchev–Trinajstić information content (AvgIpc) is 2.48. The molecule has 1 aromatic heterocycles. The Hall–Kier alpha value is -1.95.